The van der Waals surface area contributed by atoms with Gasteiger partial charge in [0.15, 0.2) is 11.6 Å². The van der Waals surface area contributed by atoms with Crippen LogP contribution in [0.15, 0.2) is 18.7 Å². The van der Waals surface area contributed by atoms with Crippen LogP contribution >= 0.6 is 0 Å². The molecule has 0 aliphatic heterocycles. The molecule has 2 heterocycles. The monoisotopic (exact) mass is 273 g/mol. The average molecular weight is 273 g/mol. The van der Waals surface area contributed by atoms with Crippen LogP contribution in [-0.4, -0.2) is 26.8 Å². The minimum absolute atomic E-state index is 0.293. The first-order valence-corrected chi connectivity index (χ1v) is 6.31. The molecule has 0 saturated carbocycles. The zero-order valence-electron chi connectivity index (χ0n) is 11.5. The van der Waals surface area contributed by atoms with Crippen LogP contribution in [0.25, 0.3) is 0 Å². The van der Waals surface area contributed by atoms with Crippen LogP contribution in [0.3, 0.4) is 0 Å². The van der Waals surface area contributed by atoms with Crippen molar-refractivity contribution in [3.8, 4) is 12.3 Å². The number of aryl methyl sites for hydroxylation is 1. The number of aromatic nitrogens is 4. The predicted octanol–water partition coefficient (Wildman–Crippen LogP) is 1.64. The van der Waals surface area contributed by atoms with Gasteiger partial charge in [-0.05, 0) is 6.42 Å². The molecule has 0 fully saturated rings. The van der Waals surface area contributed by atoms with Gasteiger partial charge in [0.05, 0.1) is 11.9 Å². The van der Waals surface area contributed by atoms with E-state index in [4.69, 9.17) is 6.42 Å². The SMILES string of the molecule is C#CCn1cc(CN(C)c2ncnc(CC)c2F)cn1. The van der Waals surface area contributed by atoms with E-state index in [0.717, 1.165) is 5.56 Å². The van der Waals surface area contributed by atoms with E-state index in [1.165, 1.54) is 6.33 Å². The Bertz CT molecular complexity index is 629. The number of halogens is 1. The molecule has 0 spiro atoms. The molecular weight excluding hydrogens is 257 g/mol. The van der Waals surface area contributed by atoms with E-state index in [2.05, 4.69) is 21.0 Å². The average Bonchev–Trinajstić information content (AvgIpc) is 2.86. The first kappa shape index (κ1) is 14.0. The maximum atomic E-state index is 14.1. The highest BCUT2D eigenvalue weighted by Crippen LogP contribution is 2.18. The first-order chi connectivity index (χ1) is 9.65. The second-order valence-electron chi connectivity index (χ2n) is 4.42. The molecule has 0 radical (unpaired) electrons. The van der Waals surface area contributed by atoms with Gasteiger partial charge in [0.25, 0.3) is 0 Å². The molecule has 0 aliphatic rings. The maximum Gasteiger partial charge on any atom is 0.187 e. The molecule has 0 amide bonds. The molecule has 6 heteroatoms. The molecule has 0 aliphatic carbocycles. The summed E-state index contributed by atoms with van der Waals surface area (Å²) in [6.45, 7) is 2.78. The zero-order valence-corrected chi connectivity index (χ0v) is 11.5. The zero-order chi connectivity index (χ0) is 14.5. The van der Waals surface area contributed by atoms with Gasteiger partial charge >= 0.3 is 0 Å². The minimum atomic E-state index is -0.367. The van der Waals surface area contributed by atoms with Gasteiger partial charge in [0.2, 0.25) is 0 Å². The number of hydrogen-bond acceptors (Lipinski definition) is 4. The van der Waals surface area contributed by atoms with Crippen molar-refractivity contribution in [2.24, 2.45) is 0 Å². The Morgan fingerprint density at radius 1 is 1.45 bits per heavy atom. The van der Waals surface area contributed by atoms with E-state index >= 15 is 0 Å². The first-order valence-electron chi connectivity index (χ1n) is 6.31. The van der Waals surface area contributed by atoms with E-state index < -0.39 is 0 Å². The second kappa shape index (κ2) is 6.15. The van der Waals surface area contributed by atoms with E-state index in [0.29, 0.717) is 31.0 Å². The third-order valence-electron chi connectivity index (χ3n) is 2.90. The summed E-state index contributed by atoms with van der Waals surface area (Å²) in [7, 11) is 1.78. The van der Waals surface area contributed by atoms with Gasteiger partial charge < -0.3 is 4.90 Å². The Hall–Kier alpha value is -2.42. The van der Waals surface area contributed by atoms with Gasteiger partial charge in [-0.2, -0.15) is 5.10 Å². The summed E-state index contributed by atoms with van der Waals surface area (Å²) in [5.74, 6) is 2.44. The van der Waals surface area contributed by atoms with Crippen molar-refractivity contribution in [3.63, 3.8) is 0 Å². The van der Waals surface area contributed by atoms with Gasteiger partial charge in [-0.1, -0.05) is 12.8 Å². The lowest BCUT2D eigenvalue weighted by molar-refractivity contribution is 0.588. The van der Waals surface area contributed by atoms with Crippen LogP contribution < -0.4 is 4.90 Å². The fraction of sp³-hybridized carbons (Fsp3) is 0.357. The summed E-state index contributed by atoms with van der Waals surface area (Å²) >= 11 is 0. The van der Waals surface area contributed by atoms with Gasteiger partial charge in [0, 0.05) is 25.4 Å². The van der Waals surface area contributed by atoms with Crippen LogP contribution in [0.1, 0.15) is 18.2 Å². The van der Waals surface area contributed by atoms with Gasteiger partial charge in [0.1, 0.15) is 12.9 Å². The van der Waals surface area contributed by atoms with Crippen molar-refractivity contribution in [1.82, 2.24) is 19.7 Å². The molecular formula is C14H16FN5. The molecule has 104 valence electrons. The van der Waals surface area contributed by atoms with Gasteiger partial charge in [-0.15, -0.1) is 6.42 Å². The lowest BCUT2D eigenvalue weighted by Gasteiger charge is -2.18. The van der Waals surface area contributed by atoms with Crippen LogP contribution in [0.4, 0.5) is 10.2 Å². The van der Waals surface area contributed by atoms with Crippen LogP contribution in [-0.2, 0) is 19.5 Å². The summed E-state index contributed by atoms with van der Waals surface area (Å²) in [5, 5.41) is 4.13. The van der Waals surface area contributed by atoms with E-state index in [1.807, 2.05) is 13.1 Å². The molecule has 2 aromatic heterocycles. The van der Waals surface area contributed by atoms with Crippen molar-refractivity contribution < 1.29 is 4.39 Å². The van der Waals surface area contributed by atoms with Crippen molar-refractivity contribution in [3.05, 3.63) is 35.8 Å². The largest absolute Gasteiger partial charge is 0.353 e. The number of terminal acetylenes is 1. The van der Waals surface area contributed by atoms with Gasteiger partial charge in [-0.25, -0.2) is 14.4 Å². The maximum absolute atomic E-state index is 14.1. The van der Waals surface area contributed by atoms with Crippen molar-refractivity contribution in [2.45, 2.75) is 26.4 Å². The normalized spacial score (nSPS) is 10.3. The highest BCUT2D eigenvalue weighted by atomic mass is 19.1. The van der Waals surface area contributed by atoms with Crippen molar-refractivity contribution in [1.29, 1.82) is 0 Å². The molecule has 0 unspecified atom stereocenters. The Morgan fingerprint density at radius 2 is 2.25 bits per heavy atom. The standard InChI is InChI=1S/C14H16FN5/c1-4-6-20-9-11(7-18-20)8-19(3)14-13(15)12(5-2)16-10-17-14/h1,7,9-10H,5-6,8H2,2-3H3. The molecule has 0 N–H and O–H groups in total. The quantitative estimate of drug-likeness (QED) is 0.777. The predicted molar refractivity (Wildman–Crippen MR) is 74.5 cm³/mol. The Labute approximate surface area is 117 Å². The number of rotatable bonds is 5. The van der Waals surface area contributed by atoms with Crippen LogP contribution in [0.2, 0.25) is 0 Å². The van der Waals surface area contributed by atoms with E-state index in [-0.39, 0.29) is 5.82 Å². The lowest BCUT2D eigenvalue weighted by atomic mass is 10.3. The Kier molecular flexibility index (Phi) is 4.31. The molecule has 0 atom stereocenters. The summed E-state index contributed by atoms with van der Waals surface area (Å²) in [6.07, 6.45) is 10.7. The highest BCUT2D eigenvalue weighted by Gasteiger charge is 2.14. The second-order valence-corrected chi connectivity index (χ2v) is 4.42. The number of anilines is 1. The summed E-state index contributed by atoms with van der Waals surface area (Å²) in [6, 6.07) is 0. The molecule has 2 rings (SSSR count). The fourth-order valence-electron chi connectivity index (χ4n) is 1.93. The fourth-order valence-corrected chi connectivity index (χ4v) is 1.93. The summed E-state index contributed by atoms with van der Waals surface area (Å²) < 4.78 is 15.8. The topological polar surface area (TPSA) is 46.8 Å². The summed E-state index contributed by atoms with van der Waals surface area (Å²) in [4.78, 5) is 9.66. The molecule has 0 aromatic carbocycles. The van der Waals surface area contributed by atoms with E-state index in [1.54, 1.807) is 22.8 Å². The van der Waals surface area contributed by atoms with Crippen LogP contribution in [0, 0.1) is 18.2 Å². The lowest BCUT2D eigenvalue weighted by Crippen LogP contribution is -2.20. The Balaban J connectivity index is 2.15. The minimum Gasteiger partial charge on any atom is -0.353 e. The molecule has 2 aromatic rings. The van der Waals surface area contributed by atoms with Crippen molar-refractivity contribution >= 4 is 5.82 Å². The third kappa shape index (κ3) is 2.94. The molecule has 0 bridgehead atoms. The highest BCUT2D eigenvalue weighted by molar-refractivity contribution is 5.40. The number of nitrogens with zero attached hydrogens (tertiary/aromatic N) is 5. The molecule has 0 saturated heterocycles. The van der Waals surface area contributed by atoms with Crippen LogP contribution in [0.5, 0.6) is 0 Å². The van der Waals surface area contributed by atoms with E-state index in [9.17, 15) is 4.39 Å². The molecule has 20 heavy (non-hydrogen) atoms. The molecule has 5 nitrogen and oxygen atoms in total. The third-order valence-corrected chi connectivity index (χ3v) is 2.90. The number of hydrogen-bond donors (Lipinski definition) is 0. The summed E-state index contributed by atoms with van der Waals surface area (Å²) in [5.41, 5.74) is 1.36. The Morgan fingerprint density at radius 3 is 2.95 bits per heavy atom. The smallest absolute Gasteiger partial charge is 0.187 e. The van der Waals surface area contributed by atoms with Gasteiger partial charge in [-0.3, -0.25) is 4.68 Å². The van der Waals surface area contributed by atoms with Crippen molar-refractivity contribution in [2.75, 3.05) is 11.9 Å².